The molecular formula is C31H34F5N7O3. The van der Waals surface area contributed by atoms with Gasteiger partial charge in [0.05, 0.1) is 44.6 Å². The molecule has 1 atom stereocenters. The highest BCUT2D eigenvalue weighted by molar-refractivity contribution is 6.10. The number of alkyl halides is 5. The highest BCUT2D eigenvalue weighted by Crippen LogP contribution is 2.42. The summed E-state index contributed by atoms with van der Waals surface area (Å²) in [6, 6.07) is 6.15. The van der Waals surface area contributed by atoms with E-state index in [1.807, 2.05) is 17.7 Å². The number of hydrogen-bond donors (Lipinski definition) is 1. The smallest absolute Gasteiger partial charge is 0.379 e. The number of rotatable bonds is 8. The number of benzene rings is 1. The molecule has 4 aliphatic rings. The number of ether oxygens (including phenoxy) is 2. The van der Waals surface area contributed by atoms with Gasteiger partial charge in [0.15, 0.2) is 0 Å². The van der Waals surface area contributed by atoms with Gasteiger partial charge in [0, 0.05) is 56.4 Å². The SMILES string of the molecule is CC1CN(Cc2cc3c(c(C(F)(F)F)c2)CN(c2cc(C4(Cc5nncn5C)COC4)cc(NC4COC4)n2)C3=O)CCC1(F)F. The summed E-state index contributed by atoms with van der Waals surface area (Å²) in [5.74, 6) is -2.92. The van der Waals surface area contributed by atoms with Crippen molar-refractivity contribution in [1.29, 1.82) is 0 Å². The summed E-state index contributed by atoms with van der Waals surface area (Å²) in [5.41, 5.74) is -0.538. The van der Waals surface area contributed by atoms with E-state index in [1.54, 1.807) is 17.3 Å². The molecule has 2 aromatic heterocycles. The third-order valence-electron chi connectivity index (χ3n) is 9.58. The predicted molar refractivity (Wildman–Crippen MR) is 156 cm³/mol. The van der Waals surface area contributed by atoms with Crippen LogP contribution in [0.2, 0.25) is 0 Å². The first-order chi connectivity index (χ1) is 21.8. The van der Waals surface area contributed by atoms with E-state index in [0.29, 0.717) is 38.7 Å². The molecule has 3 fully saturated rings. The number of halogens is 5. The lowest BCUT2D eigenvalue weighted by Gasteiger charge is -2.42. The second-order valence-corrected chi connectivity index (χ2v) is 13.0. The molecule has 0 saturated carbocycles. The molecule has 7 rings (SSSR count). The van der Waals surface area contributed by atoms with Gasteiger partial charge in [-0.05, 0) is 41.0 Å². The number of aryl methyl sites for hydroxylation is 1. The van der Waals surface area contributed by atoms with Crippen LogP contribution in [0.3, 0.4) is 0 Å². The Hall–Kier alpha value is -3.69. The number of carbonyl (C=O) groups excluding carboxylic acids is 1. The molecule has 246 valence electrons. The van der Waals surface area contributed by atoms with Crippen LogP contribution in [0.4, 0.5) is 33.6 Å². The Labute approximate surface area is 261 Å². The van der Waals surface area contributed by atoms with Crippen LogP contribution in [0.15, 0.2) is 30.6 Å². The Morgan fingerprint density at radius 2 is 1.89 bits per heavy atom. The average molecular weight is 648 g/mol. The average Bonchev–Trinajstić information content (AvgIpc) is 3.51. The second-order valence-electron chi connectivity index (χ2n) is 13.0. The van der Waals surface area contributed by atoms with Gasteiger partial charge in [-0.3, -0.25) is 14.6 Å². The molecule has 0 radical (unpaired) electrons. The maximum atomic E-state index is 14.5. The Kier molecular flexibility index (Phi) is 7.55. The zero-order valence-electron chi connectivity index (χ0n) is 25.4. The molecule has 1 N–H and O–H groups in total. The maximum absolute atomic E-state index is 14.5. The van der Waals surface area contributed by atoms with Crippen molar-refractivity contribution >= 4 is 17.5 Å². The van der Waals surface area contributed by atoms with Gasteiger partial charge in [-0.15, -0.1) is 10.2 Å². The van der Waals surface area contributed by atoms with E-state index in [0.717, 1.165) is 17.5 Å². The second kappa shape index (κ2) is 11.2. The number of pyridine rings is 1. The topological polar surface area (TPSA) is 97.6 Å². The number of amides is 1. The van der Waals surface area contributed by atoms with Crippen LogP contribution in [-0.4, -0.2) is 82.0 Å². The number of nitrogens with one attached hydrogen (secondary N) is 1. The minimum absolute atomic E-state index is 0.00579. The normalized spacial score (nSPS) is 22.8. The van der Waals surface area contributed by atoms with Crippen LogP contribution in [-0.2, 0) is 47.6 Å². The maximum Gasteiger partial charge on any atom is 0.416 e. The van der Waals surface area contributed by atoms with Crippen LogP contribution in [0, 0.1) is 5.92 Å². The number of likely N-dealkylation sites (tertiary alicyclic amines) is 1. The molecule has 15 heteroatoms. The van der Waals surface area contributed by atoms with Crippen LogP contribution in [0.25, 0.3) is 0 Å². The van der Waals surface area contributed by atoms with Crippen LogP contribution >= 0.6 is 0 Å². The number of piperidine rings is 1. The van der Waals surface area contributed by atoms with Crippen LogP contribution in [0.1, 0.15) is 51.8 Å². The third-order valence-corrected chi connectivity index (χ3v) is 9.58. The molecule has 3 aromatic rings. The van der Waals surface area contributed by atoms with E-state index >= 15 is 0 Å². The van der Waals surface area contributed by atoms with Crippen molar-refractivity contribution in [3.8, 4) is 0 Å². The minimum atomic E-state index is -4.73. The van der Waals surface area contributed by atoms with Crippen molar-refractivity contribution in [2.75, 3.05) is 49.7 Å². The van der Waals surface area contributed by atoms with Gasteiger partial charge in [0.2, 0.25) is 0 Å². The van der Waals surface area contributed by atoms with Crippen molar-refractivity contribution < 1.29 is 36.2 Å². The standard InChI is InChI=1S/C31H34F5N7O3/c1-18-10-42(4-3-30(18,32)33)11-19-5-22-23(24(6-19)31(34,35)36)12-43(28(22)44)26-8-20(7-25(39-26)38-21-13-45-14-21)29(15-46-16-29)9-27-40-37-17-41(27)2/h5-8,17-18,21H,3-4,9-16H2,1-2H3,(H,38,39). The van der Waals surface area contributed by atoms with Gasteiger partial charge in [-0.2, -0.15) is 13.2 Å². The van der Waals surface area contributed by atoms with Gasteiger partial charge >= 0.3 is 6.18 Å². The molecule has 10 nitrogen and oxygen atoms in total. The van der Waals surface area contributed by atoms with Gasteiger partial charge in [0.25, 0.3) is 11.8 Å². The van der Waals surface area contributed by atoms with Crippen LogP contribution < -0.4 is 10.2 Å². The van der Waals surface area contributed by atoms with Crippen molar-refractivity contribution in [2.45, 2.75) is 56.4 Å². The van der Waals surface area contributed by atoms with Crippen LogP contribution in [0.5, 0.6) is 0 Å². The number of anilines is 2. The van der Waals surface area contributed by atoms with Crippen molar-refractivity contribution in [3.63, 3.8) is 0 Å². The molecule has 1 amide bonds. The summed E-state index contributed by atoms with van der Waals surface area (Å²) in [5, 5.41) is 11.5. The first-order valence-electron chi connectivity index (χ1n) is 15.2. The summed E-state index contributed by atoms with van der Waals surface area (Å²) in [6.07, 6.45) is -2.99. The molecule has 1 unspecified atom stereocenters. The largest absolute Gasteiger partial charge is 0.416 e. The number of carbonyl (C=O) groups is 1. The molecule has 0 spiro atoms. The van der Waals surface area contributed by atoms with E-state index in [-0.39, 0.29) is 61.1 Å². The highest BCUT2D eigenvalue weighted by atomic mass is 19.4. The molecule has 1 aromatic carbocycles. The fraction of sp³-hybridized carbons (Fsp3) is 0.548. The Bertz CT molecular complexity index is 1650. The fourth-order valence-electron chi connectivity index (χ4n) is 6.62. The van der Waals surface area contributed by atoms with Crippen molar-refractivity contribution in [3.05, 3.63) is 64.2 Å². The molecule has 0 aliphatic carbocycles. The summed E-state index contributed by atoms with van der Waals surface area (Å²) >= 11 is 0. The summed E-state index contributed by atoms with van der Waals surface area (Å²) in [6.45, 7) is 2.97. The highest BCUT2D eigenvalue weighted by Gasteiger charge is 2.45. The summed E-state index contributed by atoms with van der Waals surface area (Å²) < 4.78 is 84.3. The third kappa shape index (κ3) is 5.62. The molecule has 0 bridgehead atoms. The number of hydrogen-bond acceptors (Lipinski definition) is 8. The van der Waals surface area contributed by atoms with E-state index < -0.39 is 34.9 Å². The Morgan fingerprint density at radius 3 is 2.50 bits per heavy atom. The predicted octanol–water partition coefficient (Wildman–Crippen LogP) is 4.19. The van der Waals surface area contributed by atoms with Gasteiger partial charge in [-0.25, -0.2) is 13.8 Å². The number of fused-ring (bicyclic) bond motifs is 1. The van der Waals surface area contributed by atoms with E-state index in [4.69, 9.17) is 14.5 Å². The Morgan fingerprint density at radius 1 is 1.11 bits per heavy atom. The fourth-order valence-corrected chi connectivity index (χ4v) is 6.62. The lowest BCUT2D eigenvalue weighted by molar-refractivity contribution is -0.138. The van der Waals surface area contributed by atoms with Gasteiger partial charge in [-0.1, -0.05) is 6.92 Å². The first-order valence-corrected chi connectivity index (χ1v) is 15.2. The molecule has 3 saturated heterocycles. The monoisotopic (exact) mass is 647 g/mol. The lowest BCUT2D eigenvalue weighted by Crippen LogP contribution is -2.49. The molecule has 4 aliphatic heterocycles. The van der Waals surface area contributed by atoms with Gasteiger partial charge in [0.1, 0.15) is 23.8 Å². The molecule has 6 heterocycles. The first kappa shape index (κ1) is 30.9. The summed E-state index contributed by atoms with van der Waals surface area (Å²) in [7, 11) is 1.85. The van der Waals surface area contributed by atoms with E-state index in [2.05, 4.69) is 15.5 Å². The molecular weight excluding hydrogens is 613 g/mol. The van der Waals surface area contributed by atoms with E-state index in [9.17, 15) is 26.7 Å². The summed E-state index contributed by atoms with van der Waals surface area (Å²) in [4.78, 5) is 21.6. The number of nitrogens with zero attached hydrogens (tertiary/aromatic N) is 6. The number of aromatic nitrogens is 4. The zero-order valence-corrected chi connectivity index (χ0v) is 25.4. The zero-order chi connectivity index (χ0) is 32.4. The minimum Gasteiger partial charge on any atom is -0.379 e. The quantitative estimate of drug-likeness (QED) is 0.364. The Balaban J connectivity index is 1.23. The van der Waals surface area contributed by atoms with Gasteiger partial charge < -0.3 is 19.4 Å². The van der Waals surface area contributed by atoms with E-state index in [1.165, 1.54) is 17.9 Å². The van der Waals surface area contributed by atoms with Crippen molar-refractivity contribution in [1.82, 2.24) is 24.6 Å². The molecule has 46 heavy (non-hydrogen) atoms. The van der Waals surface area contributed by atoms with Crippen molar-refractivity contribution in [2.24, 2.45) is 13.0 Å². The lowest BCUT2D eigenvalue weighted by atomic mass is 9.75.